The summed E-state index contributed by atoms with van der Waals surface area (Å²) in [5, 5.41) is 0. The van der Waals surface area contributed by atoms with E-state index in [1.54, 1.807) is 25.1 Å². The first-order valence-electron chi connectivity index (χ1n) is 6.76. The SMILES string of the molecule is CCCN(CC(=O)OCC)S(=O)(=O)c1ccccc1OC. The largest absolute Gasteiger partial charge is 0.495 e. The van der Waals surface area contributed by atoms with Crippen molar-refractivity contribution in [1.82, 2.24) is 4.31 Å². The predicted molar refractivity (Wildman–Crippen MR) is 78.7 cm³/mol. The van der Waals surface area contributed by atoms with Crippen molar-refractivity contribution in [2.24, 2.45) is 0 Å². The Hall–Kier alpha value is -1.60. The quantitative estimate of drug-likeness (QED) is 0.682. The Morgan fingerprint density at radius 3 is 2.48 bits per heavy atom. The zero-order valence-corrected chi connectivity index (χ0v) is 13.4. The third kappa shape index (κ3) is 4.44. The molecule has 0 atom stereocenters. The van der Waals surface area contributed by atoms with Crippen molar-refractivity contribution >= 4 is 16.0 Å². The third-order valence-corrected chi connectivity index (χ3v) is 4.66. The lowest BCUT2D eigenvalue weighted by molar-refractivity contribution is -0.143. The summed E-state index contributed by atoms with van der Waals surface area (Å²) in [5.41, 5.74) is 0. The molecule has 0 amide bonds. The average Bonchev–Trinajstić information content (AvgIpc) is 2.47. The number of methoxy groups -OCH3 is 1. The molecule has 0 aliphatic carbocycles. The Kier molecular flexibility index (Phi) is 6.64. The van der Waals surface area contributed by atoms with E-state index in [9.17, 15) is 13.2 Å². The van der Waals surface area contributed by atoms with Crippen molar-refractivity contribution in [2.45, 2.75) is 25.2 Å². The molecular formula is C14H21NO5S. The van der Waals surface area contributed by atoms with Crippen LogP contribution in [0.2, 0.25) is 0 Å². The summed E-state index contributed by atoms with van der Waals surface area (Å²) in [5.74, 6) is -0.313. The van der Waals surface area contributed by atoms with Gasteiger partial charge in [-0.3, -0.25) is 4.79 Å². The van der Waals surface area contributed by atoms with E-state index in [1.165, 1.54) is 13.2 Å². The summed E-state index contributed by atoms with van der Waals surface area (Å²) >= 11 is 0. The topological polar surface area (TPSA) is 72.9 Å². The Bertz CT molecular complexity index is 570. The van der Waals surface area contributed by atoms with Crippen LogP contribution in [0.4, 0.5) is 0 Å². The summed E-state index contributed by atoms with van der Waals surface area (Å²) in [6.07, 6.45) is 0.591. The van der Waals surface area contributed by atoms with Crippen LogP contribution in [-0.2, 0) is 19.6 Å². The van der Waals surface area contributed by atoms with Gasteiger partial charge in [-0.2, -0.15) is 4.31 Å². The Morgan fingerprint density at radius 1 is 1.24 bits per heavy atom. The standard InChI is InChI=1S/C14H21NO5S/c1-4-10-15(11-14(16)20-5-2)21(17,18)13-9-7-6-8-12(13)19-3/h6-9H,4-5,10-11H2,1-3H3. The fourth-order valence-electron chi connectivity index (χ4n) is 1.86. The minimum Gasteiger partial charge on any atom is -0.495 e. The molecule has 21 heavy (non-hydrogen) atoms. The highest BCUT2D eigenvalue weighted by molar-refractivity contribution is 7.89. The molecule has 0 fully saturated rings. The molecule has 1 aromatic carbocycles. The number of carbonyl (C=O) groups excluding carboxylic acids is 1. The summed E-state index contributed by atoms with van der Waals surface area (Å²) in [6.45, 7) is 3.67. The molecule has 6 nitrogen and oxygen atoms in total. The number of carbonyl (C=O) groups is 1. The minimum atomic E-state index is -3.81. The second-order valence-electron chi connectivity index (χ2n) is 4.29. The predicted octanol–water partition coefficient (Wildman–Crippen LogP) is 1.66. The van der Waals surface area contributed by atoms with Crippen LogP contribution in [0.5, 0.6) is 5.75 Å². The highest BCUT2D eigenvalue weighted by atomic mass is 32.2. The highest BCUT2D eigenvalue weighted by Gasteiger charge is 2.29. The lowest BCUT2D eigenvalue weighted by Gasteiger charge is -2.21. The fraction of sp³-hybridized carbons (Fsp3) is 0.500. The van der Waals surface area contributed by atoms with E-state index in [0.717, 1.165) is 4.31 Å². The molecule has 7 heteroatoms. The number of para-hydroxylation sites is 1. The maximum Gasteiger partial charge on any atom is 0.321 e. The van der Waals surface area contributed by atoms with Gasteiger partial charge < -0.3 is 9.47 Å². The first-order chi connectivity index (χ1) is 9.97. The van der Waals surface area contributed by atoms with E-state index in [-0.39, 0.29) is 30.3 Å². The Balaban J connectivity index is 3.12. The van der Waals surface area contributed by atoms with Gasteiger partial charge in [-0.25, -0.2) is 8.42 Å². The van der Waals surface area contributed by atoms with Gasteiger partial charge in [0, 0.05) is 6.54 Å². The molecular weight excluding hydrogens is 294 g/mol. The number of hydrogen-bond acceptors (Lipinski definition) is 5. The minimum absolute atomic E-state index is 0.0465. The van der Waals surface area contributed by atoms with E-state index in [0.29, 0.717) is 6.42 Å². The molecule has 0 aromatic heterocycles. The smallest absolute Gasteiger partial charge is 0.321 e. The van der Waals surface area contributed by atoms with Crippen LogP contribution < -0.4 is 4.74 Å². The van der Waals surface area contributed by atoms with Crippen LogP contribution in [0, 0.1) is 0 Å². The third-order valence-electron chi connectivity index (χ3n) is 2.77. The normalized spacial score (nSPS) is 11.4. The fourth-order valence-corrected chi connectivity index (χ4v) is 3.49. The van der Waals surface area contributed by atoms with Crippen LogP contribution in [0.1, 0.15) is 20.3 Å². The average molecular weight is 315 g/mol. The van der Waals surface area contributed by atoms with Crippen LogP contribution >= 0.6 is 0 Å². The molecule has 0 N–H and O–H groups in total. The van der Waals surface area contributed by atoms with Gasteiger partial charge in [-0.05, 0) is 25.5 Å². The van der Waals surface area contributed by atoms with Gasteiger partial charge in [0.2, 0.25) is 10.0 Å². The first kappa shape index (κ1) is 17.5. The van der Waals surface area contributed by atoms with Gasteiger partial charge in [0.15, 0.2) is 0 Å². The van der Waals surface area contributed by atoms with Gasteiger partial charge in [0.05, 0.1) is 13.7 Å². The zero-order valence-electron chi connectivity index (χ0n) is 12.5. The molecule has 1 aromatic rings. The molecule has 0 saturated heterocycles. The zero-order chi connectivity index (χ0) is 15.9. The number of nitrogens with zero attached hydrogens (tertiary/aromatic N) is 1. The van der Waals surface area contributed by atoms with Crippen molar-refractivity contribution in [3.63, 3.8) is 0 Å². The number of ether oxygens (including phenoxy) is 2. The van der Waals surface area contributed by atoms with E-state index in [2.05, 4.69) is 0 Å². The van der Waals surface area contributed by atoms with E-state index in [4.69, 9.17) is 9.47 Å². The highest BCUT2D eigenvalue weighted by Crippen LogP contribution is 2.26. The lowest BCUT2D eigenvalue weighted by atomic mass is 10.3. The Labute approximate surface area is 125 Å². The molecule has 0 radical (unpaired) electrons. The van der Waals surface area contributed by atoms with E-state index < -0.39 is 16.0 Å². The van der Waals surface area contributed by atoms with E-state index in [1.807, 2.05) is 6.92 Å². The van der Waals surface area contributed by atoms with Gasteiger partial charge >= 0.3 is 5.97 Å². The van der Waals surface area contributed by atoms with E-state index >= 15 is 0 Å². The molecule has 0 spiro atoms. The van der Waals surface area contributed by atoms with Crippen molar-refractivity contribution < 1.29 is 22.7 Å². The summed E-state index contributed by atoms with van der Waals surface area (Å²) in [7, 11) is -2.41. The van der Waals surface area contributed by atoms with Crippen LogP contribution in [0.15, 0.2) is 29.2 Å². The Morgan fingerprint density at radius 2 is 1.90 bits per heavy atom. The first-order valence-corrected chi connectivity index (χ1v) is 8.20. The second-order valence-corrected chi connectivity index (χ2v) is 6.20. The monoisotopic (exact) mass is 315 g/mol. The number of hydrogen-bond donors (Lipinski definition) is 0. The molecule has 0 heterocycles. The van der Waals surface area contributed by atoms with Gasteiger partial charge in [0.1, 0.15) is 17.2 Å². The lowest BCUT2D eigenvalue weighted by Crippen LogP contribution is -2.37. The molecule has 0 saturated carbocycles. The van der Waals surface area contributed by atoms with Gasteiger partial charge in [-0.15, -0.1) is 0 Å². The van der Waals surface area contributed by atoms with Gasteiger partial charge in [-0.1, -0.05) is 19.1 Å². The maximum atomic E-state index is 12.7. The van der Waals surface area contributed by atoms with Crippen molar-refractivity contribution in [1.29, 1.82) is 0 Å². The van der Waals surface area contributed by atoms with Crippen LogP contribution in [0.3, 0.4) is 0 Å². The summed E-state index contributed by atoms with van der Waals surface area (Å²) in [6, 6.07) is 6.33. The molecule has 0 aliphatic rings. The van der Waals surface area contributed by atoms with Crippen LogP contribution in [-0.4, -0.2) is 45.5 Å². The molecule has 0 unspecified atom stereocenters. The van der Waals surface area contributed by atoms with Crippen LogP contribution in [0.25, 0.3) is 0 Å². The summed E-state index contributed by atoms with van der Waals surface area (Å²) < 4.78 is 36.4. The molecule has 118 valence electrons. The molecule has 0 bridgehead atoms. The maximum absolute atomic E-state index is 12.7. The van der Waals surface area contributed by atoms with Crippen molar-refractivity contribution in [3.05, 3.63) is 24.3 Å². The number of rotatable bonds is 8. The van der Waals surface area contributed by atoms with Crippen molar-refractivity contribution in [3.8, 4) is 5.75 Å². The van der Waals surface area contributed by atoms with Gasteiger partial charge in [0.25, 0.3) is 0 Å². The second kappa shape index (κ2) is 7.99. The number of esters is 1. The van der Waals surface area contributed by atoms with Crippen molar-refractivity contribution in [2.75, 3.05) is 26.8 Å². The molecule has 1 rings (SSSR count). The summed E-state index contributed by atoms with van der Waals surface area (Å²) in [4.78, 5) is 11.6. The number of benzene rings is 1. The molecule has 0 aliphatic heterocycles. The number of sulfonamides is 1.